The first-order chi connectivity index (χ1) is 8.51. The van der Waals surface area contributed by atoms with E-state index in [0.29, 0.717) is 11.8 Å². The molecule has 0 bridgehead atoms. The molecule has 0 aromatic heterocycles. The second kappa shape index (κ2) is 4.90. The number of esters is 1. The summed E-state index contributed by atoms with van der Waals surface area (Å²) in [4.78, 5) is 22.9. The van der Waals surface area contributed by atoms with Gasteiger partial charge in [-0.25, -0.2) is 0 Å². The summed E-state index contributed by atoms with van der Waals surface area (Å²) in [6.07, 6.45) is 5.81. The highest BCUT2D eigenvalue weighted by atomic mass is 16.5. The lowest BCUT2D eigenvalue weighted by Gasteiger charge is -2.59. The maximum Gasteiger partial charge on any atom is 0.306 e. The molecule has 2 aliphatic carbocycles. The van der Waals surface area contributed by atoms with E-state index in [1.165, 1.54) is 20.0 Å². The molecule has 0 radical (unpaired) electrons. The van der Waals surface area contributed by atoms with Crippen molar-refractivity contribution in [1.82, 2.24) is 0 Å². The van der Waals surface area contributed by atoms with Gasteiger partial charge in [0.2, 0.25) is 0 Å². The fourth-order valence-electron chi connectivity index (χ4n) is 4.13. The molecule has 4 atom stereocenters. The second-order valence-electron chi connectivity index (χ2n) is 5.90. The zero-order chi connectivity index (χ0) is 13.3. The van der Waals surface area contributed by atoms with E-state index in [1.807, 2.05) is 0 Å². The molecule has 2 fully saturated rings. The molecule has 2 rings (SSSR count). The Morgan fingerprint density at radius 1 is 1.39 bits per heavy atom. The van der Waals surface area contributed by atoms with Crippen LogP contribution in [0.4, 0.5) is 0 Å². The number of hydrogen-bond acceptors (Lipinski definition) is 3. The summed E-state index contributed by atoms with van der Waals surface area (Å²) in [6.45, 7) is 1.75. The highest BCUT2D eigenvalue weighted by molar-refractivity contribution is 5.75. The van der Waals surface area contributed by atoms with Crippen LogP contribution in [0.5, 0.6) is 0 Å². The van der Waals surface area contributed by atoms with Crippen LogP contribution in [0.1, 0.15) is 45.4 Å². The lowest BCUT2D eigenvalue weighted by Crippen LogP contribution is -2.55. The van der Waals surface area contributed by atoms with Gasteiger partial charge in [-0.3, -0.25) is 9.59 Å². The van der Waals surface area contributed by atoms with Crippen molar-refractivity contribution in [1.29, 1.82) is 0 Å². The van der Waals surface area contributed by atoms with E-state index in [4.69, 9.17) is 4.74 Å². The molecule has 4 heteroatoms. The van der Waals surface area contributed by atoms with E-state index in [2.05, 4.69) is 0 Å². The van der Waals surface area contributed by atoms with Crippen molar-refractivity contribution in [3.8, 4) is 0 Å². The molecule has 0 spiro atoms. The quantitative estimate of drug-likeness (QED) is 0.783. The zero-order valence-electron chi connectivity index (χ0n) is 11.1. The minimum absolute atomic E-state index is 0.262. The van der Waals surface area contributed by atoms with Crippen molar-refractivity contribution >= 4 is 11.9 Å². The highest BCUT2D eigenvalue weighted by Crippen LogP contribution is 2.62. The zero-order valence-corrected chi connectivity index (χ0v) is 11.1. The maximum absolute atomic E-state index is 11.6. The lowest BCUT2D eigenvalue weighted by atomic mass is 9.44. The predicted octanol–water partition coefficient (Wildman–Crippen LogP) is 2.47. The fraction of sp³-hybridized carbons (Fsp3) is 0.857. The van der Waals surface area contributed by atoms with Gasteiger partial charge in [-0.1, -0.05) is 26.2 Å². The summed E-state index contributed by atoms with van der Waals surface area (Å²) < 4.78 is 4.76. The normalized spacial score (nSPS) is 36.1. The first kappa shape index (κ1) is 13.4. The van der Waals surface area contributed by atoms with Crippen molar-refractivity contribution in [3.05, 3.63) is 0 Å². The third-order valence-electron chi connectivity index (χ3n) is 5.22. The molecule has 0 saturated heterocycles. The first-order valence-electron chi connectivity index (χ1n) is 6.81. The van der Waals surface area contributed by atoms with Gasteiger partial charge in [-0.05, 0) is 30.1 Å². The average Bonchev–Trinajstić information content (AvgIpc) is 2.34. The van der Waals surface area contributed by atoms with Gasteiger partial charge in [0.15, 0.2) is 0 Å². The number of carbonyl (C=O) groups is 2. The Bertz CT molecular complexity index is 352. The SMILES string of the molecule is COC(=O)C[C@@]1(C(C)C(=O)O)C[C@@H]2CCCC[C@@H]21. The third-order valence-corrected chi connectivity index (χ3v) is 5.22. The molecule has 0 aliphatic heterocycles. The Kier molecular flexibility index (Phi) is 3.64. The van der Waals surface area contributed by atoms with Crippen LogP contribution in [0.25, 0.3) is 0 Å². The number of rotatable bonds is 4. The number of fused-ring (bicyclic) bond motifs is 1. The molecule has 1 N–H and O–H groups in total. The molecule has 1 unspecified atom stereocenters. The van der Waals surface area contributed by atoms with E-state index in [-0.39, 0.29) is 17.8 Å². The van der Waals surface area contributed by atoms with E-state index in [9.17, 15) is 14.7 Å². The summed E-state index contributed by atoms with van der Waals surface area (Å²) in [7, 11) is 1.37. The van der Waals surface area contributed by atoms with Gasteiger partial charge in [-0.2, -0.15) is 0 Å². The van der Waals surface area contributed by atoms with Crippen molar-refractivity contribution in [2.24, 2.45) is 23.2 Å². The van der Waals surface area contributed by atoms with Gasteiger partial charge in [0, 0.05) is 0 Å². The minimum atomic E-state index is -0.789. The van der Waals surface area contributed by atoms with Crippen LogP contribution in [0.15, 0.2) is 0 Å². The standard InChI is InChI=1S/C14H22O4/c1-9(13(16)17)14(8-12(15)18-2)7-10-5-3-4-6-11(10)14/h9-11H,3-8H2,1-2H3,(H,16,17)/t9?,10-,11-,14+/m0/s1. The van der Waals surface area contributed by atoms with Crippen LogP contribution >= 0.6 is 0 Å². The molecule has 0 aromatic carbocycles. The van der Waals surface area contributed by atoms with E-state index >= 15 is 0 Å². The number of carbonyl (C=O) groups excluding carboxylic acids is 1. The van der Waals surface area contributed by atoms with E-state index in [1.54, 1.807) is 6.92 Å². The molecule has 18 heavy (non-hydrogen) atoms. The van der Waals surface area contributed by atoms with E-state index in [0.717, 1.165) is 19.3 Å². The molecule has 2 saturated carbocycles. The smallest absolute Gasteiger partial charge is 0.306 e. The third kappa shape index (κ3) is 2.02. The van der Waals surface area contributed by atoms with Crippen LogP contribution in [0, 0.1) is 23.2 Å². The Hall–Kier alpha value is -1.06. The predicted molar refractivity (Wildman–Crippen MR) is 65.9 cm³/mol. The monoisotopic (exact) mass is 254 g/mol. The van der Waals surface area contributed by atoms with Gasteiger partial charge in [-0.15, -0.1) is 0 Å². The first-order valence-corrected chi connectivity index (χ1v) is 6.81. The van der Waals surface area contributed by atoms with Crippen LogP contribution in [0.2, 0.25) is 0 Å². The summed E-state index contributed by atoms with van der Waals surface area (Å²) in [5.41, 5.74) is -0.357. The largest absolute Gasteiger partial charge is 0.481 e. The van der Waals surface area contributed by atoms with Gasteiger partial charge in [0.05, 0.1) is 19.4 Å². The topological polar surface area (TPSA) is 63.6 Å². The number of ether oxygens (including phenoxy) is 1. The van der Waals surface area contributed by atoms with Gasteiger partial charge in [0.1, 0.15) is 0 Å². The molecule has 4 nitrogen and oxygen atoms in total. The number of hydrogen-bond donors (Lipinski definition) is 1. The summed E-state index contributed by atoms with van der Waals surface area (Å²) in [6, 6.07) is 0. The molecule has 102 valence electrons. The van der Waals surface area contributed by atoms with Crippen molar-refractivity contribution in [3.63, 3.8) is 0 Å². The number of carboxylic acid groups (broad SMARTS) is 1. The van der Waals surface area contributed by atoms with Crippen molar-refractivity contribution < 1.29 is 19.4 Å². The Morgan fingerprint density at radius 2 is 2.06 bits per heavy atom. The number of carboxylic acids is 1. The van der Waals surface area contributed by atoms with Crippen LogP contribution in [-0.2, 0) is 14.3 Å². The molecule has 0 heterocycles. The Morgan fingerprint density at radius 3 is 2.61 bits per heavy atom. The number of methoxy groups -OCH3 is 1. The summed E-state index contributed by atoms with van der Waals surface area (Å²) >= 11 is 0. The molecular formula is C14H22O4. The Balaban J connectivity index is 2.18. The van der Waals surface area contributed by atoms with Gasteiger partial charge >= 0.3 is 11.9 Å². The second-order valence-corrected chi connectivity index (χ2v) is 5.90. The van der Waals surface area contributed by atoms with E-state index < -0.39 is 11.9 Å². The van der Waals surface area contributed by atoms with Gasteiger partial charge < -0.3 is 9.84 Å². The highest BCUT2D eigenvalue weighted by Gasteiger charge is 2.59. The van der Waals surface area contributed by atoms with Gasteiger partial charge in [0.25, 0.3) is 0 Å². The molecule has 0 amide bonds. The molecule has 0 aromatic rings. The van der Waals surface area contributed by atoms with Crippen molar-refractivity contribution in [2.45, 2.75) is 45.4 Å². The van der Waals surface area contributed by atoms with Crippen LogP contribution in [-0.4, -0.2) is 24.2 Å². The molecule has 2 aliphatic rings. The Labute approximate surface area is 108 Å². The number of aliphatic carboxylic acids is 1. The fourth-order valence-corrected chi connectivity index (χ4v) is 4.13. The van der Waals surface area contributed by atoms with Crippen LogP contribution < -0.4 is 0 Å². The summed E-state index contributed by atoms with van der Waals surface area (Å²) in [5.74, 6) is -0.493. The molecular weight excluding hydrogens is 232 g/mol. The van der Waals surface area contributed by atoms with Crippen molar-refractivity contribution in [2.75, 3.05) is 7.11 Å². The maximum atomic E-state index is 11.6. The minimum Gasteiger partial charge on any atom is -0.481 e. The summed E-state index contributed by atoms with van der Waals surface area (Å²) in [5, 5.41) is 9.31. The van der Waals surface area contributed by atoms with Crippen LogP contribution in [0.3, 0.4) is 0 Å². The average molecular weight is 254 g/mol. The lowest BCUT2D eigenvalue weighted by molar-refractivity contribution is -0.173.